The summed E-state index contributed by atoms with van der Waals surface area (Å²) in [6.07, 6.45) is 0.902. The Balaban J connectivity index is 2.19. The van der Waals surface area contributed by atoms with Crippen molar-refractivity contribution in [3.05, 3.63) is 64.0 Å². The highest BCUT2D eigenvalue weighted by Crippen LogP contribution is 2.42. The van der Waals surface area contributed by atoms with Crippen molar-refractivity contribution in [3.63, 3.8) is 0 Å². The van der Waals surface area contributed by atoms with Crippen molar-refractivity contribution in [2.24, 2.45) is 5.28 Å². The van der Waals surface area contributed by atoms with Crippen molar-refractivity contribution < 1.29 is 4.84 Å². The zero-order valence-electron chi connectivity index (χ0n) is 9.00. The summed E-state index contributed by atoms with van der Waals surface area (Å²) in [6.45, 7) is 0. The van der Waals surface area contributed by atoms with Crippen molar-refractivity contribution in [1.82, 2.24) is 0 Å². The number of azide groups is 1. The van der Waals surface area contributed by atoms with Gasteiger partial charge in [-0.3, -0.25) is 0 Å². The Labute approximate surface area is 98.0 Å². The van der Waals surface area contributed by atoms with Crippen LogP contribution < -0.4 is 4.84 Å². The van der Waals surface area contributed by atoms with E-state index in [0.717, 1.165) is 17.5 Å². The number of fused-ring (bicyclic) bond motifs is 3. The van der Waals surface area contributed by atoms with Gasteiger partial charge in [0.2, 0.25) is 0 Å². The minimum atomic E-state index is 0.616. The van der Waals surface area contributed by atoms with Crippen molar-refractivity contribution in [2.45, 2.75) is 6.42 Å². The molecule has 0 atom stereocenters. The fourth-order valence-corrected chi connectivity index (χ4v) is 2.29. The highest BCUT2D eigenvalue weighted by atomic mass is 16.6. The Hall–Kier alpha value is -2.45. The van der Waals surface area contributed by atoms with E-state index in [1.165, 1.54) is 11.1 Å². The molecule has 0 saturated carbocycles. The zero-order valence-corrected chi connectivity index (χ0v) is 9.00. The molecule has 0 aromatic heterocycles. The lowest BCUT2D eigenvalue weighted by molar-refractivity contribution is 0.334. The van der Waals surface area contributed by atoms with E-state index in [4.69, 9.17) is 10.4 Å². The maximum absolute atomic E-state index is 8.30. The van der Waals surface area contributed by atoms with E-state index in [-0.39, 0.29) is 0 Å². The van der Waals surface area contributed by atoms with Crippen LogP contribution in [0.5, 0.6) is 5.75 Å². The van der Waals surface area contributed by atoms with E-state index in [1.807, 2.05) is 24.3 Å². The molecular formula is C13H9N3O. The van der Waals surface area contributed by atoms with E-state index < -0.39 is 0 Å². The smallest absolute Gasteiger partial charge is 0.145 e. The van der Waals surface area contributed by atoms with Gasteiger partial charge < -0.3 is 4.84 Å². The lowest BCUT2D eigenvalue weighted by Crippen LogP contribution is -1.86. The highest BCUT2D eigenvalue weighted by Gasteiger charge is 2.21. The molecule has 0 bridgehead atoms. The first-order valence-electron chi connectivity index (χ1n) is 5.32. The second-order valence-corrected chi connectivity index (χ2v) is 3.89. The molecule has 3 rings (SSSR count). The molecule has 0 N–H and O–H groups in total. The van der Waals surface area contributed by atoms with Gasteiger partial charge in [0.05, 0.1) is 0 Å². The third kappa shape index (κ3) is 1.51. The van der Waals surface area contributed by atoms with Crippen molar-refractivity contribution in [2.75, 3.05) is 0 Å². The Morgan fingerprint density at radius 3 is 2.76 bits per heavy atom. The van der Waals surface area contributed by atoms with Crippen LogP contribution in [0.2, 0.25) is 0 Å². The molecule has 0 unspecified atom stereocenters. The van der Waals surface area contributed by atoms with E-state index in [2.05, 4.69) is 28.4 Å². The van der Waals surface area contributed by atoms with E-state index in [9.17, 15) is 0 Å². The molecular weight excluding hydrogens is 214 g/mol. The topological polar surface area (TPSA) is 58.0 Å². The second-order valence-electron chi connectivity index (χ2n) is 3.89. The summed E-state index contributed by atoms with van der Waals surface area (Å²) in [5, 5.41) is 3.17. The number of hydrogen-bond acceptors (Lipinski definition) is 2. The molecule has 1 aliphatic rings. The highest BCUT2D eigenvalue weighted by molar-refractivity contribution is 5.81. The van der Waals surface area contributed by atoms with E-state index in [0.29, 0.717) is 5.75 Å². The molecule has 0 aliphatic heterocycles. The average molecular weight is 223 g/mol. The lowest BCUT2D eigenvalue weighted by atomic mass is 10.1. The van der Waals surface area contributed by atoms with Gasteiger partial charge in [0.15, 0.2) is 0 Å². The van der Waals surface area contributed by atoms with Gasteiger partial charge >= 0.3 is 0 Å². The van der Waals surface area contributed by atoms with Gasteiger partial charge in [-0.15, -0.1) is 0 Å². The van der Waals surface area contributed by atoms with E-state index in [1.54, 1.807) is 0 Å². The van der Waals surface area contributed by atoms with Gasteiger partial charge in [-0.2, -0.15) is 0 Å². The molecule has 0 radical (unpaired) electrons. The van der Waals surface area contributed by atoms with Crippen LogP contribution in [0.4, 0.5) is 0 Å². The van der Waals surface area contributed by atoms with Crippen LogP contribution >= 0.6 is 0 Å². The quantitative estimate of drug-likeness (QED) is 0.281. The molecule has 2 aromatic carbocycles. The first-order chi connectivity index (χ1) is 8.40. The van der Waals surface area contributed by atoms with Gasteiger partial charge in [-0.1, -0.05) is 36.4 Å². The largest absolute Gasteiger partial charge is 0.393 e. The summed E-state index contributed by atoms with van der Waals surface area (Å²) in [4.78, 5) is 7.68. The predicted molar refractivity (Wildman–Crippen MR) is 64.5 cm³/mol. The molecule has 17 heavy (non-hydrogen) atoms. The molecule has 0 amide bonds. The minimum absolute atomic E-state index is 0.616. The zero-order chi connectivity index (χ0) is 11.7. The van der Waals surface area contributed by atoms with Crippen LogP contribution in [0.1, 0.15) is 11.1 Å². The maximum Gasteiger partial charge on any atom is 0.145 e. The first-order valence-corrected chi connectivity index (χ1v) is 5.32. The van der Waals surface area contributed by atoms with Gasteiger partial charge in [-0.05, 0) is 34.7 Å². The van der Waals surface area contributed by atoms with Crippen LogP contribution in [0, 0.1) is 0 Å². The number of nitrogens with zero attached hydrogens (tertiary/aromatic N) is 3. The first kappa shape index (κ1) is 9.75. The van der Waals surface area contributed by atoms with Crippen molar-refractivity contribution in [1.29, 1.82) is 0 Å². The molecule has 82 valence electrons. The molecule has 0 heterocycles. The summed E-state index contributed by atoms with van der Waals surface area (Å²) in [7, 11) is 0. The van der Waals surface area contributed by atoms with Crippen LogP contribution in [-0.2, 0) is 6.42 Å². The molecule has 1 aliphatic carbocycles. The molecule has 2 aromatic rings. The Morgan fingerprint density at radius 1 is 1.06 bits per heavy atom. The van der Waals surface area contributed by atoms with E-state index >= 15 is 0 Å². The summed E-state index contributed by atoms with van der Waals surface area (Å²) in [5.74, 6) is 0.616. The fourth-order valence-electron chi connectivity index (χ4n) is 2.29. The van der Waals surface area contributed by atoms with Crippen molar-refractivity contribution in [3.8, 4) is 16.9 Å². The van der Waals surface area contributed by atoms with Crippen molar-refractivity contribution >= 4 is 0 Å². The van der Waals surface area contributed by atoms with Crippen LogP contribution in [-0.4, -0.2) is 0 Å². The molecule has 4 heteroatoms. The van der Waals surface area contributed by atoms with Crippen LogP contribution in [0.3, 0.4) is 0 Å². The maximum atomic E-state index is 8.30. The molecule has 0 fully saturated rings. The predicted octanol–water partition coefficient (Wildman–Crippen LogP) is 3.86. The Bertz CT molecular complexity index is 630. The van der Waals surface area contributed by atoms with Gasteiger partial charge in [-0.25, -0.2) is 0 Å². The summed E-state index contributed by atoms with van der Waals surface area (Å²) in [6, 6.07) is 14.0. The average Bonchev–Trinajstić information content (AvgIpc) is 2.75. The van der Waals surface area contributed by atoms with Crippen LogP contribution in [0.15, 0.2) is 47.7 Å². The summed E-state index contributed by atoms with van der Waals surface area (Å²) >= 11 is 0. The SMILES string of the molecule is [N-]=[N+]=NOc1cccc2c1-c1ccccc1C2. The van der Waals surface area contributed by atoms with Crippen LogP contribution in [0.25, 0.3) is 21.6 Å². The third-order valence-corrected chi connectivity index (χ3v) is 2.96. The van der Waals surface area contributed by atoms with Gasteiger partial charge in [0.1, 0.15) is 11.0 Å². The Kier molecular flexibility index (Phi) is 2.21. The Morgan fingerprint density at radius 2 is 1.88 bits per heavy atom. The summed E-state index contributed by atoms with van der Waals surface area (Å²) < 4.78 is 0. The number of rotatable bonds is 2. The normalized spacial score (nSPS) is 11.3. The van der Waals surface area contributed by atoms with Gasteiger partial charge in [0, 0.05) is 10.5 Å². The molecule has 4 nitrogen and oxygen atoms in total. The molecule has 0 saturated heterocycles. The number of hydrogen-bond donors (Lipinski definition) is 0. The lowest BCUT2D eigenvalue weighted by Gasteiger charge is -2.06. The third-order valence-electron chi connectivity index (χ3n) is 2.96. The standard InChI is InChI=1S/C13H9N3O/c14-15-16-17-12-7-3-5-10-8-9-4-1-2-6-11(9)13(10)12/h1-7H,8H2. The second kappa shape index (κ2) is 3.85. The molecule has 0 spiro atoms. The summed E-state index contributed by atoms with van der Waals surface area (Å²) in [5.41, 5.74) is 13.0. The monoisotopic (exact) mass is 223 g/mol. The van der Waals surface area contributed by atoms with Gasteiger partial charge in [0.25, 0.3) is 0 Å². The minimum Gasteiger partial charge on any atom is -0.393 e. The number of benzene rings is 2. The fraction of sp³-hybridized carbons (Fsp3) is 0.0769.